The van der Waals surface area contributed by atoms with Gasteiger partial charge in [0.05, 0.1) is 31.4 Å². The standard InChI is InChI=1S/C27H30N2O7/c1-2-34-20-6-3-18(4-7-20)24-23(25(30)19-5-8-21-22(17-19)36-16-15-35-21)26(31)27(32)29(24)10-9-28-11-13-33-14-12-28/h3-8,17,24,30H,2,9-16H2,1H3/t24-/m0/s1. The molecule has 3 aliphatic rings. The van der Waals surface area contributed by atoms with Crippen molar-refractivity contribution >= 4 is 17.4 Å². The first-order valence-corrected chi connectivity index (χ1v) is 12.3. The van der Waals surface area contributed by atoms with E-state index < -0.39 is 17.7 Å². The quantitative estimate of drug-likeness (QED) is 0.357. The molecule has 2 fully saturated rings. The van der Waals surface area contributed by atoms with Crippen LogP contribution in [0.2, 0.25) is 0 Å². The monoisotopic (exact) mass is 494 g/mol. The molecule has 2 saturated heterocycles. The number of nitrogens with zero attached hydrogens (tertiary/aromatic N) is 2. The number of Topliss-reactive ketones (excluding diaryl/α,β-unsaturated/α-hetero) is 1. The summed E-state index contributed by atoms with van der Waals surface area (Å²) in [6.07, 6.45) is 0. The highest BCUT2D eigenvalue weighted by Gasteiger charge is 2.46. The third-order valence-corrected chi connectivity index (χ3v) is 6.62. The molecule has 2 aromatic rings. The first kappa shape index (κ1) is 24.1. The van der Waals surface area contributed by atoms with Gasteiger partial charge in [-0.3, -0.25) is 14.5 Å². The maximum Gasteiger partial charge on any atom is 0.295 e. The molecule has 3 aliphatic heterocycles. The molecule has 9 heteroatoms. The Kier molecular flexibility index (Phi) is 7.11. The molecule has 3 heterocycles. The summed E-state index contributed by atoms with van der Waals surface area (Å²) in [7, 11) is 0. The van der Waals surface area contributed by atoms with Gasteiger partial charge in [-0.2, -0.15) is 0 Å². The number of hydrogen-bond acceptors (Lipinski definition) is 8. The van der Waals surface area contributed by atoms with Crippen molar-refractivity contribution in [3.63, 3.8) is 0 Å². The van der Waals surface area contributed by atoms with Crippen LogP contribution in [0.3, 0.4) is 0 Å². The number of ether oxygens (including phenoxy) is 4. The zero-order valence-electron chi connectivity index (χ0n) is 20.3. The fourth-order valence-electron chi connectivity index (χ4n) is 4.79. The molecule has 36 heavy (non-hydrogen) atoms. The SMILES string of the molecule is CCOc1ccc([C@H]2C(=C(O)c3ccc4c(c3)OCCO4)C(=O)C(=O)N2CCN2CCOCC2)cc1. The van der Waals surface area contributed by atoms with Crippen LogP contribution in [0.4, 0.5) is 0 Å². The van der Waals surface area contributed by atoms with E-state index in [9.17, 15) is 14.7 Å². The zero-order valence-corrected chi connectivity index (χ0v) is 20.3. The Bertz CT molecular complexity index is 1160. The third-order valence-electron chi connectivity index (χ3n) is 6.62. The summed E-state index contributed by atoms with van der Waals surface area (Å²) in [6.45, 7) is 7.07. The molecule has 2 aromatic carbocycles. The van der Waals surface area contributed by atoms with Crippen LogP contribution in [0, 0.1) is 0 Å². The van der Waals surface area contributed by atoms with Crippen molar-refractivity contribution in [2.45, 2.75) is 13.0 Å². The van der Waals surface area contributed by atoms with Crippen molar-refractivity contribution in [3.05, 3.63) is 59.2 Å². The number of ketones is 1. The number of fused-ring (bicyclic) bond motifs is 1. The minimum Gasteiger partial charge on any atom is -0.507 e. The number of hydrogen-bond donors (Lipinski definition) is 1. The van der Waals surface area contributed by atoms with E-state index >= 15 is 0 Å². The minimum atomic E-state index is -0.727. The Morgan fingerprint density at radius 2 is 1.69 bits per heavy atom. The van der Waals surface area contributed by atoms with Crippen LogP contribution in [-0.2, 0) is 14.3 Å². The molecule has 190 valence electrons. The van der Waals surface area contributed by atoms with Gasteiger partial charge in [0.1, 0.15) is 24.7 Å². The predicted octanol–water partition coefficient (Wildman–Crippen LogP) is 2.61. The van der Waals surface area contributed by atoms with E-state index in [0.717, 1.165) is 18.7 Å². The Morgan fingerprint density at radius 1 is 0.972 bits per heavy atom. The lowest BCUT2D eigenvalue weighted by Gasteiger charge is -2.31. The fourth-order valence-corrected chi connectivity index (χ4v) is 4.79. The van der Waals surface area contributed by atoms with E-state index in [0.29, 0.717) is 68.9 Å². The van der Waals surface area contributed by atoms with Gasteiger partial charge in [-0.25, -0.2) is 0 Å². The van der Waals surface area contributed by atoms with Gasteiger partial charge in [-0.15, -0.1) is 0 Å². The van der Waals surface area contributed by atoms with E-state index in [-0.39, 0.29) is 11.3 Å². The van der Waals surface area contributed by atoms with Crippen LogP contribution in [0.15, 0.2) is 48.0 Å². The Hall–Kier alpha value is -3.56. The third kappa shape index (κ3) is 4.76. The van der Waals surface area contributed by atoms with Gasteiger partial charge in [0.25, 0.3) is 11.7 Å². The molecule has 5 rings (SSSR count). The van der Waals surface area contributed by atoms with Crippen LogP contribution in [0.5, 0.6) is 17.2 Å². The molecule has 0 aromatic heterocycles. The Morgan fingerprint density at radius 3 is 2.42 bits per heavy atom. The topological polar surface area (TPSA) is 97.8 Å². The van der Waals surface area contributed by atoms with Crippen LogP contribution < -0.4 is 14.2 Å². The van der Waals surface area contributed by atoms with Gasteiger partial charge >= 0.3 is 0 Å². The second-order valence-electron chi connectivity index (χ2n) is 8.81. The summed E-state index contributed by atoms with van der Waals surface area (Å²) in [6, 6.07) is 11.6. The predicted molar refractivity (Wildman–Crippen MR) is 131 cm³/mol. The molecule has 0 radical (unpaired) electrons. The molecule has 1 atom stereocenters. The van der Waals surface area contributed by atoms with Crippen molar-refractivity contribution in [2.24, 2.45) is 0 Å². The number of carbonyl (C=O) groups excluding carboxylic acids is 2. The average Bonchev–Trinajstić information content (AvgIpc) is 3.17. The van der Waals surface area contributed by atoms with Crippen molar-refractivity contribution in [1.82, 2.24) is 9.80 Å². The first-order valence-electron chi connectivity index (χ1n) is 12.3. The molecule has 9 nitrogen and oxygen atoms in total. The van der Waals surface area contributed by atoms with Crippen LogP contribution in [0.1, 0.15) is 24.1 Å². The molecule has 0 unspecified atom stereocenters. The highest BCUT2D eigenvalue weighted by atomic mass is 16.6. The molecule has 0 bridgehead atoms. The average molecular weight is 495 g/mol. The van der Waals surface area contributed by atoms with Crippen molar-refractivity contribution < 1.29 is 33.6 Å². The van der Waals surface area contributed by atoms with E-state index in [1.807, 2.05) is 31.2 Å². The maximum absolute atomic E-state index is 13.3. The summed E-state index contributed by atoms with van der Waals surface area (Å²) in [5.41, 5.74) is 1.17. The number of rotatable bonds is 7. The summed E-state index contributed by atoms with van der Waals surface area (Å²) in [4.78, 5) is 30.3. The number of aliphatic hydroxyl groups excluding tert-OH is 1. The lowest BCUT2D eigenvalue weighted by Crippen LogP contribution is -2.42. The maximum atomic E-state index is 13.3. The molecular formula is C27H30N2O7. The van der Waals surface area contributed by atoms with Gasteiger partial charge in [0, 0.05) is 31.7 Å². The number of aliphatic hydroxyl groups is 1. The number of likely N-dealkylation sites (tertiary alicyclic amines) is 1. The Balaban J connectivity index is 1.52. The summed E-state index contributed by atoms with van der Waals surface area (Å²) in [5, 5.41) is 11.3. The van der Waals surface area contributed by atoms with Crippen molar-refractivity contribution in [3.8, 4) is 17.2 Å². The second kappa shape index (κ2) is 10.6. The van der Waals surface area contributed by atoms with Gasteiger partial charge in [-0.1, -0.05) is 12.1 Å². The van der Waals surface area contributed by atoms with E-state index in [1.165, 1.54) is 0 Å². The normalized spacial score (nSPS) is 21.6. The first-order chi connectivity index (χ1) is 17.6. The van der Waals surface area contributed by atoms with Gasteiger partial charge in [0.2, 0.25) is 0 Å². The van der Waals surface area contributed by atoms with Gasteiger partial charge in [0.15, 0.2) is 11.5 Å². The highest BCUT2D eigenvalue weighted by molar-refractivity contribution is 6.46. The largest absolute Gasteiger partial charge is 0.507 e. The fraction of sp³-hybridized carbons (Fsp3) is 0.407. The Labute approximate surface area is 209 Å². The number of carbonyl (C=O) groups is 2. The van der Waals surface area contributed by atoms with E-state index in [1.54, 1.807) is 23.1 Å². The molecule has 1 amide bonds. The number of morpholine rings is 1. The van der Waals surface area contributed by atoms with Crippen molar-refractivity contribution in [1.29, 1.82) is 0 Å². The second-order valence-corrected chi connectivity index (χ2v) is 8.81. The minimum absolute atomic E-state index is 0.0582. The van der Waals surface area contributed by atoms with E-state index in [2.05, 4.69) is 4.90 Å². The molecule has 0 saturated carbocycles. The van der Waals surface area contributed by atoms with Crippen LogP contribution >= 0.6 is 0 Å². The molecular weight excluding hydrogens is 464 g/mol. The highest BCUT2D eigenvalue weighted by Crippen LogP contribution is 2.41. The van der Waals surface area contributed by atoms with Gasteiger partial charge in [-0.05, 0) is 42.8 Å². The van der Waals surface area contributed by atoms with E-state index in [4.69, 9.17) is 18.9 Å². The zero-order chi connectivity index (χ0) is 25.1. The molecule has 1 N–H and O–H groups in total. The molecule has 0 aliphatic carbocycles. The number of benzene rings is 2. The van der Waals surface area contributed by atoms with Crippen LogP contribution in [0.25, 0.3) is 5.76 Å². The lowest BCUT2D eigenvalue weighted by molar-refractivity contribution is -0.140. The van der Waals surface area contributed by atoms with Crippen LogP contribution in [-0.4, -0.2) is 85.8 Å². The number of amides is 1. The lowest BCUT2D eigenvalue weighted by atomic mass is 9.95. The summed E-state index contributed by atoms with van der Waals surface area (Å²) in [5.74, 6) is 0.192. The molecule has 0 spiro atoms. The summed E-state index contributed by atoms with van der Waals surface area (Å²) >= 11 is 0. The van der Waals surface area contributed by atoms with Gasteiger partial charge < -0.3 is 29.0 Å². The summed E-state index contributed by atoms with van der Waals surface area (Å²) < 4.78 is 22.2. The smallest absolute Gasteiger partial charge is 0.295 e. The van der Waals surface area contributed by atoms with Crippen molar-refractivity contribution in [2.75, 3.05) is 59.2 Å².